The first-order chi connectivity index (χ1) is 10.8. The van der Waals surface area contributed by atoms with E-state index in [-0.39, 0.29) is 0 Å². The van der Waals surface area contributed by atoms with Gasteiger partial charge in [-0.15, -0.1) is 0 Å². The summed E-state index contributed by atoms with van der Waals surface area (Å²) in [6, 6.07) is 19.4. The van der Waals surface area contributed by atoms with Crippen molar-refractivity contribution in [2.45, 2.75) is 0 Å². The first kappa shape index (κ1) is 14.4. The van der Waals surface area contributed by atoms with E-state index in [2.05, 4.69) is 9.56 Å². The molecule has 4 heteroatoms. The summed E-state index contributed by atoms with van der Waals surface area (Å²) in [7, 11) is 1.64. The van der Waals surface area contributed by atoms with Crippen molar-refractivity contribution in [3.63, 3.8) is 0 Å². The Morgan fingerprint density at radius 2 is 1.77 bits per heavy atom. The number of benzene rings is 2. The highest BCUT2D eigenvalue weighted by Gasteiger charge is 2.02. The molecule has 0 fully saturated rings. The summed E-state index contributed by atoms with van der Waals surface area (Å²) in [5.74, 6) is 0.753. The van der Waals surface area contributed by atoms with E-state index in [0.717, 1.165) is 27.8 Å². The SMILES string of the molecule is COc1ccccc1N=Cc1cccn1-c1ccc(Cl)cc1. The van der Waals surface area contributed by atoms with Gasteiger partial charge in [0.25, 0.3) is 0 Å². The minimum atomic E-state index is 0.722. The van der Waals surface area contributed by atoms with Crippen LogP contribution in [0.3, 0.4) is 0 Å². The number of nitrogens with zero attached hydrogens (tertiary/aromatic N) is 2. The van der Waals surface area contributed by atoms with Crippen LogP contribution in [0.2, 0.25) is 5.02 Å². The molecule has 0 amide bonds. The number of hydrogen-bond donors (Lipinski definition) is 0. The van der Waals surface area contributed by atoms with Gasteiger partial charge in [0.15, 0.2) is 0 Å². The van der Waals surface area contributed by atoms with Crippen LogP contribution < -0.4 is 4.74 Å². The molecule has 0 saturated heterocycles. The molecule has 0 saturated carbocycles. The number of hydrogen-bond acceptors (Lipinski definition) is 2. The summed E-state index contributed by atoms with van der Waals surface area (Å²) in [6.45, 7) is 0. The average molecular weight is 311 g/mol. The highest BCUT2D eigenvalue weighted by molar-refractivity contribution is 6.30. The molecule has 0 aliphatic carbocycles. The summed E-state index contributed by atoms with van der Waals surface area (Å²) >= 11 is 5.94. The van der Waals surface area contributed by atoms with Gasteiger partial charge < -0.3 is 9.30 Å². The van der Waals surface area contributed by atoms with Gasteiger partial charge in [0.1, 0.15) is 11.4 Å². The molecule has 110 valence electrons. The van der Waals surface area contributed by atoms with Crippen LogP contribution in [0.4, 0.5) is 5.69 Å². The maximum atomic E-state index is 5.94. The lowest BCUT2D eigenvalue weighted by atomic mass is 10.3. The van der Waals surface area contributed by atoms with Crippen molar-refractivity contribution in [1.29, 1.82) is 0 Å². The molecule has 22 heavy (non-hydrogen) atoms. The summed E-state index contributed by atoms with van der Waals surface area (Å²) in [5, 5.41) is 0.722. The van der Waals surface area contributed by atoms with E-state index < -0.39 is 0 Å². The van der Waals surface area contributed by atoms with Crippen LogP contribution in [0.15, 0.2) is 71.9 Å². The second-order valence-corrected chi connectivity index (χ2v) is 5.15. The quantitative estimate of drug-likeness (QED) is 0.630. The van der Waals surface area contributed by atoms with E-state index in [9.17, 15) is 0 Å². The fraction of sp³-hybridized carbons (Fsp3) is 0.0556. The van der Waals surface area contributed by atoms with E-state index in [1.54, 1.807) is 7.11 Å². The van der Waals surface area contributed by atoms with Crippen LogP contribution in [-0.2, 0) is 0 Å². The maximum Gasteiger partial charge on any atom is 0.144 e. The molecule has 0 radical (unpaired) electrons. The molecule has 0 N–H and O–H groups in total. The van der Waals surface area contributed by atoms with Crippen molar-refractivity contribution in [2.24, 2.45) is 4.99 Å². The third-order valence-electron chi connectivity index (χ3n) is 3.31. The maximum absolute atomic E-state index is 5.94. The predicted molar refractivity (Wildman–Crippen MR) is 91.0 cm³/mol. The fourth-order valence-corrected chi connectivity index (χ4v) is 2.33. The standard InChI is InChI=1S/C18H15ClN2O/c1-22-18-7-3-2-6-17(18)20-13-16-5-4-12-21(16)15-10-8-14(19)9-11-15/h2-13H,1H3. The second kappa shape index (κ2) is 6.50. The molecule has 3 rings (SSSR count). The van der Waals surface area contributed by atoms with Crippen molar-refractivity contribution >= 4 is 23.5 Å². The van der Waals surface area contributed by atoms with E-state index in [0.29, 0.717) is 0 Å². The fourth-order valence-electron chi connectivity index (χ4n) is 2.21. The minimum absolute atomic E-state index is 0.722. The van der Waals surface area contributed by atoms with Crippen molar-refractivity contribution in [3.05, 3.63) is 77.6 Å². The molecular formula is C18H15ClN2O. The zero-order chi connectivity index (χ0) is 15.4. The molecule has 0 aliphatic rings. The van der Waals surface area contributed by atoms with Gasteiger partial charge in [-0.2, -0.15) is 0 Å². The highest BCUT2D eigenvalue weighted by Crippen LogP contribution is 2.26. The third-order valence-corrected chi connectivity index (χ3v) is 3.56. The Morgan fingerprint density at radius 1 is 1.00 bits per heavy atom. The Kier molecular flexibility index (Phi) is 4.26. The van der Waals surface area contributed by atoms with Crippen molar-refractivity contribution in [2.75, 3.05) is 7.11 Å². The number of aliphatic imine (C=N–C) groups is 1. The Bertz CT molecular complexity index is 791. The van der Waals surface area contributed by atoms with Crippen LogP contribution in [0.1, 0.15) is 5.69 Å². The van der Waals surface area contributed by atoms with Gasteiger partial charge in [-0.05, 0) is 48.5 Å². The Hall–Kier alpha value is -2.52. The zero-order valence-corrected chi connectivity index (χ0v) is 12.9. The van der Waals surface area contributed by atoms with Crippen LogP contribution >= 0.6 is 11.6 Å². The first-order valence-corrected chi connectivity index (χ1v) is 7.26. The van der Waals surface area contributed by atoms with Crippen molar-refractivity contribution in [3.8, 4) is 11.4 Å². The first-order valence-electron chi connectivity index (χ1n) is 6.88. The summed E-state index contributed by atoms with van der Waals surface area (Å²) in [6.07, 6.45) is 3.82. The van der Waals surface area contributed by atoms with Crippen molar-refractivity contribution < 1.29 is 4.74 Å². The largest absolute Gasteiger partial charge is 0.494 e. The smallest absolute Gasteiger partial charge is 0.144 e. The van der Waals surface area contributed by atoms with Crippen molar-refractivity contribution in [1.82, 2.24) is 4.57 Å². The van der Waals surface area contributed by atoms with Crippen LogP contribution in [0.5, 0.6) is 5.75 Å². The zero-order valence-electron chi connectivity index (χ0n) is 12.1. The minimum Gasteiger partial charge on any atom is -0.494 e. The third kappa shape index (κ3) is 3.05. The number of aromatic nitrogens is 1. The topological polar surface area (TPSA) is 26.5 Å². The van der Waals surface area contributed by atoms with Gasteiger partial charge in [-0.1, -0.05) is 23.7 Å². The van der Waals surface area contributed by atoms with Gasteiger partial charge >= 0.3 is 0 Å². The number of ether oxygens (including phenoxy) is 1. The lowest BCUT2D eigenvalue weighted by Gasteiger charge is -2.07. The predicted octanol–water partition coefficient (Wildman–Crippen LogP) is 4.89. The normalized spacial score (nSPS) is 11.0. The average Bonchev–Trinajstić information content (AvgIpc) is 3.02. The van der Waals surface area contributed by atoms with Crippen LogP contribution in [0.25, 0.3) is 5.69 Å². The Labute approximate surface area is 134 Å². The number of methoxy groups -OCH3 is 1. The lowest BCUT2D eigenvalue weighted by molar-refractivity contribution is 0.416. The second-order valence-electron chi connectivity index (χ2n) is 4.71. The summed E-state index contributed by atoms with van der Waals surface area (Å²) < 4.78 is 7.36. The number of halogens is 1. The summed E-state index contributed by atoms with van der Waals surface area (Å²) in [4.78, 5) is 4.53. The van der Waals surface area contributed by atoms with Gasteiger partial charge in [0.05, 0.1) is 19.0 Å². The molecule has 0 aliphatic heterocycles. The summed E-state index contributed by atoms with van der Waals surface area (Å²) in [5.41, 5.74) is 2.82. The molecule has 2 aromatic carbocycles. The molecule has 0 atom stereocenters. The Morgan fingerprint density at radius 3 is 2.55 bits per heavy atom. The molecule has 1 heterocycles. The molecule has 1 aromatic heterocycles. The highest BCUT2D eigenvalue weighted by atomic mass is 35.5. The number of para-hydroxylation sites is 2. The lowest BCUT2D eigenvalue weighted by Crippen LogP contribution is -1.97. The van der Waals surface area contributed by atoms with Crippen LogP contribution in [-0.4, -0.2) is 17.9 Å². The van der Waals surface area contributed by atoms with E-state index in [4.69, 9.17) is 16.3 Å². The van der Waals surface area contributed by atoms with E-state index >= 15 is 0 Å². The Balaban J connectivity index is 1.92. The van der Waals surface area contributed by atoms with E-state index in [1.165, 1.54) is 0 Å². The van der Waals surface area contributed by atoms with E-state index in [1.807, 2.05) is 73.1 Å². The van der Waals surface area contributed by atoms with Gasteiger partial charge in [0, 0.05) is 16.9 Å². The van der Waals surface area contributed by atoms with Gasteiger partial charge in [0.2, 0.25) is 0 Å². The molecule has 3 aromatic rings. The molecular weight excluding hydrogens is 296 g/mol. The molecule has 0 bridgehead atoms. The molecule has 0 spiro atoms. The monoisotopic (exact) mass is 310 g/mol. The van der Waals surface area contributed by atoms with Gasteiger partial charge in [-0.25, -0.2) is 0 Å². The van der Waals surface area contributed by atoms with Gasteiger partial charge in [-0.3, -0.25) is 4.99 Å². The molecule has 0 unspecified atom stereocenters. The molecule has 3 nitrogen and oxygen atoms in total. The number of rotatable bonds is 4. The van der Waals surface area contributed by atoms with Crippen LogP contribution in [0, 0.1) is 0 Å².